The molecule has 3 heteroatoms. The molecule has 2 rings (SSSR count). The minimum absolute atomic E-state index is 0.0426. The monoisotopic (exact) mass is 190 g/mol. The summed E-state index contributed by atoms with van der Waals surface area (Å²) in [6, 6.07) is 1.92. The van der Waals surface area contributed by atoms with E-state index in [1.807, 2.05) is 12.3 Å². The van der Waals surface area contributed by atoms with Crippen LogP contribution >= 0.6 is 0 Å². The number of fused-ring (bicyclic) bond motifs is 1. The van der Waals surface area contributed by atoms with E-state index < -0.39 is 0 Å². The Kier molecular flexibility index (Phi) is 2.23. The quantitative estimate of drug-likeness (QED) is 0.631. The van der Waals surface area contributed by atoms with Crippen LogP contribution in [0.1, 0.15) is 29.4 Å². The summed E-state index contributed by atoms with van der Waals surface area (Å²) in [6.45, 7) is 2.63. The van der Waals surface area contributed by atoms with Crippen molar-refractivity contribution in [1.82, 2.24) is 4.98 Å². The van der Waals surface area contributed by atoms with Gasteiger partial charge in [0.2, 0.25) is 0 Å². The van der Waals surface area contributed by atoms with Crippen molar-refractivity contribution < 1.29 is 4.79 Å². The van der Waals surface area contributed by atoms with Crippen molar-refractivity contribution in [2.75, 3.05) is 18.5 Å². The summed E-state index contributed by atoms with van der Waals surface area (Å²) in [5.74, 6) is 0.0426. The van der Waals surface area contributed by atoms with Crippen LogP contribution in [0.2, 0.25) is 0 Å². The van der Waals surface area contributed by atoms with Gasteiger partial charge in [-0.25, -0.2) is 0 Å². The molecule has 74 valence electrons. The minimum atomic E-state index is 0.0426. The lowest BCUT2D eigenvalue weighted by molar-refractivity contribution is 0.101. The van der Waals surface area contributed by atoms with Crippen molar-refractivity contribution in [2.45, 2.75) is 19.8 Å². The Hall–Kier alpha value is -1.38. The first kappa shape index (κ1) is 9.19. The summed E-state index contributed by atoms with van der Waals surface area (Å²) < 4.78 is 0. The number of nitrogens with zero attached hydrogens (tertiary/aromatic N) is 2. The van der Waals surface area contributed by atoms with Crippen LogP contribution in [0.15, 0.2) is 12.3 Å². The minimum Gasteiger partial charge on any atom is -0.373 e. The number of Topliss-reactive ketones (excluding diaryl/α,β-unsaturated/α-hetero) is 1. The molecule has 0 saturated heterocycles. The second kappa shape index (κ2) is 3.40. The first-order chi connectivity index (χ1) is 6.68. The van der Waals surface area contributed by atoms with E-state index >= 15 is 0 Å². The maximum atomic E-state index is 11.1. The van der Waals surface area contributed by atoms with E-state index in [2.05, 4.69) is 16.9 Å². The summed E-state index contributed by atoms with van der Waals surface area (Å²) in [5.41, 5.74) is 3.00. The SMILES string of the molecule is CC(=O)c1cc2c(cn1)N(C)CCC2. The van der Waals surface area contributed by atoms with Crippen molar-refractivity contribution in [3.8, 4) is 0 Å². The fraction of sp³-hybridized carbons (Fsp3) is 0.455. The summed E-state index contributed by atoms with van der Waals surface area (Å²) in [6.07, 6.45) is 4.03. The summed E-state index contributed by atoms with van der Waals surface area (Å²) in [4.78, 5) is 17.5. The molecule has 0 bridgehead atoms. The molecule has 0 atom stereocenters. The van der Waals surface area contributed by atoms with Gasteiger partial charge in [-0.2, -0.15) is 0 Å². The number of hydrogen-bond donors (Lipinski definition) is 0. The van der Waals surface area contributed by atoms with Gasteiger partial charge in [0.05, 0.1) is 11.9 Å². The standard InChI is InChI=1S/C11H14N2O/c1-8(14)10-6-9-4-3-5-13(2)11(9)7-12-10/h6-7H,3-5H2,1-2H3. The number of aryl methyl sites for hydroxylation is 1. The third-order valence-corrected chi connectivity index (χ3v) is 2.68. The van der Waals surface area contributed by atoms with Crippen LogP contribution in [0, 0.1) is 0 Å². The van der Waals surface area contributed by atoms with Gasteiger partial charge < -0.3 is 4.90 Å². The van der Waals surface area contributed by atoms with E-state index in [0.717, 1.165) is 19.4 Å². The van der Waals surface area contributed by atoms with Crippen molar-refractivity contribution in [3.63, 3.8) is 0 Å². The molecule has 0 aromatic carbocycles. The van der Waals surface area contributed by atoms with E-state index in [0.29, 0.717) is 5.69 Å². The fourth-order valence-corrected chi connectivity index (χ4v) is 1.85. The normalized spacial score (nSPS) is 15.1. The third kappa shape index (κ3) is 1.50. The highest BCUT2D eigenvalue weighted by Crippen LogP contribution is 2.25. The molecule has 3 nitrogen and oxygen atoms in total. The number of carbonyl (C=O) groups is 1. The predicted molar refractivity (Wildman–Crippen MR) is 55.8 cm³/mol. The number of anilines is 1. The molecule has 0 spiro atoms. The molecule has 14 heavy (non-hydrogen) atoms. The van der Waals surface area contributed by atoms with E-state index in [4.69, 9.17) is 0 Å². The molecule has 0 aliphatic carbocycles. The van der Waals surface area contributed by atoms with Gasteiger partial charge >= 0.3 is 0 Å². The molecule has 0 fully saturated rings. The van der Waals surface area contributed by atoms with Gasteiger partial charge in [0.15, 0.2) is 5.78 Å². The zero-order valence-electron chi connectivity index (χ0n) is 8.58. The summed E-state index contributed by atoms with van der Waals surface area (Å²) >= 11 is 0. The molecule has 1 aromatic heterocycles. The zero-order valence-corrected chi connectivity index (χ0v) is 8.58. The lowest BCUT2D eigenvalue weighted by Gasteiger charge is -2.27. The Labute approximate surface area is 83.8 Å². The highest BCUT2D eigenvalue weighted by Gasteiger charge is 2.15. The number of aromatic nitrogens is 1. The Bertz CT molecular complexity index is 374. The number of hydrogen-bond acceptors (Lipinski definition) is 3. The Morgan fingerprint density at radius 3 is 3.07 bits per heavy atom. The molecular formula is C11H14N2O. The lowest BCUT2D eigenvalue weighted by Crippen LogP contribution is -2.25. The number of pyridine rings is 1. The molecule has 1 aliphatic rings. The predicted octanol–water partition coefficient (Wildman–Crippen LogP) is 1.67. The van der Waals surface area contributed by atoms with E-state index in [1.165, 1.54) is 11.3 Å². The summed E-state index contributed by atoms with van der Waals surface area (Å²) in [7, 11) is 2.06. The van der Waals surface area contributed by atoms with Gasteiger partial charge in [0, 0.05) is 20.5 Å². The van der Waals surface area contributed by atoms with Crippen LogP contribution < -0.4 is 4.90 Å². The van der Waals surface area contributed by atoms with Gasteiger partial charge in [-0.1, -0.05) is 0 Å². The van der Waals surface area contributed by atoms with Crippen LogP contribution in [-0.4, -0.2) is 24.4 Å². The van der Waals surface area contributed by atoms with E-state index in [1.54, 1.807) is 6.92 Å². The Morgan fingerprint density at radius 2 is 2.36 bits per heavy atom. The van der Waals surface area contributed by atoms with Gasteiger partial charge in [0.25, 0.3) is 0 Å². The van der Waals surface area contributed by atoms with Gasteiger partial charge in [-0.15, -0.1) is 0 Å². The fourth-order valence-electron chi connectivity index (χ4n) is 1.85. The molecule has 2 heterocycles. The van der Waals surface area contributed by atoms with Crippen LogP contribution in [0.25, 0.3) is 0 Å². The second-order valence-corrected chi connectivity index (χ2v) is 3.78. The number of ketones is 1. The Balaban J connectivity index is 2.44. The molecule has 0 saturated carbocycles. The highest BCUT2D eigenvalue weighted by atomic mass is 16.1. The molecule has 0 N–H and O–H groups in total. The third-order valence-electron chi connectivity index (χ3n) is 2.68. The van der Waals surface area contributed by atoms with Crippen LogP contribution in [0.4, 0.5) is 5.69 Å². The Morgan fingerprint density at radius 1 is 1.57 bits per heavy atom. The van der Waals surface area contributed by atoms with E-state index in [-0.39, 0.29) is 5.78 Å². The zero-order chi connectivity index (χ0) is 10.1. The van der Waals surface area contributed by atoms with Gasteiger partial charge in [-0.05, 0) is 24.5 Å². The molecule has 1 aliphatic heterocycles. The maximum absolute atomic E-state index is 11.1. The van der Waals surface area contributed by atoms with Crippen LogP contribution in [-0.2, 0) is 6.42 Å². The van der Waals surface area contributed by atoms with Gasteiger partial charge in [0.1, 0.15) is 5.69 Å². The number of carbonyl (C=O) groups excluding carboxylic acids is 1. The summed E-state index contributed by atoms with van der Waals surface area (Å²) in [5, 5.41) is 0. The average Bonchev–Trinajstić information content (AvgIpc) is 2.17. The van der Waals surface area contributed by atoms with E-state index in [9.17, 15) is 4.79 Å². The van der Waals surface area contributed by atoms with Crippen molar-refractivity contribution in [2.24, 2.45) is 0 Å². The molecule has 1 aromatic rings. The molecule has 0 amide bonds. The van der Waals surface area contributed by atoms with Gasteiger partial charge in [-0.3, -0.25) is 9.78 Å². The lowest BCUT2D eigenvalue weighted by atomic mass is 10.0. The topological polar surface area (TPSA) is 33.2 Å². The van der Waals surface area contributed by atoms with Crippen LogP contribution in [0.3, 0.4) is 0 Å². The van der Waals surface area contributed by atoms with Crippen molar-refractivity contribution in [3.05, 3.63) is 23.5 Å². The second-order valence-electron chi connectivity index (χ2n) is 3.78. The molecule has 0 radical (unpaired) electrons. The molecular weight excluding hydrogens is 176 g/mol. The van der Waals surface area contributed by atoms with Crippen LogP contribution in [0.5, 0.6) is 0 Å². The first-order valence-corrected chi connectivity index (χ1v) is 4.89. The maximum Gasteiger partial charge on any atom is 0.178 e. The average molecular weight is 190 g/mol. The van der Waals surface area contributed by atoms with Crippen molar-refractivity contribution >= 4 is 11.5 Å². The highest BCUT2D eigenvalue weighted by molar-refractivity contribution is 5.92. The van der Waals surface area contributed by atoms with Crippen molar-refractivity contribution in [1.29, 1.82) is 0 Å². The smallest absolute Gasteiger partial charge is 0.178 e. The number of rotatable bonds is 1. The molecule has 0 unspecified atom stereocenters. The largest absolute Gasteiger partial charge is 0.373 e. The first-order valence-electron chi connectivity index (χ1n) is 4.89.